The lowest BCUT2D eigenvalue weighted by atomic mass is 10.1. The number of halogens is 5. The molecule has 0 bridgehead atoms. The minimum absolute atomic E-state index is 0.0480. The van der Waals surface area contributed by atoms with E-state index in [4.69, 9.17) is 0 Å². The Kier molecular flexibility index (Phi) is 4.31. The fourth-order valence-corrected chi connectivity index (χ4v) is 2.11. The van der Waals surface area contributed by atoms with Crippen molar-refractivity contribution < 1.29 is 18.0 Å². The number of carbonyl (C=O) groups excluding carboxylic acids is 1. The second kappa shape index (κ2) is 4.98. The van der Waals surface area contributed by atoms with Gasteiger partial charge in [0, 0.05) is 9.37 Å². The highest BCUT2D eigenvalue weighted by atomic mass is 79.9. The summed E-state index contributed by atoms with van der Waals surface area (Å²) in [6.07, 6.45) is 1.57. The first-order chi connectivity index (χ1) is 7.29. The summed E-state index contributed by atoms with van der Waals surface area (Å²) in [4.78, 5) is 11.3. The maximum Gasteiger partial charge on any atom is 0.385 e. The van der Waals surface area contributed by atoms with E-state index in [1.165, 1.54) is 12.1 Å². The zero-order valence-electron chi connectivity index (χ0n) is 7.86. The van der Waals surface area contributed by atoms with Gasteiger partial charge >= 0.3 is 5.38 Å². The van der Waals surface area contributed by atoms with Crippen LogP contribution < -0.4 is 0 Å². The minimum Gasteiger partial charge on any atom is -0.286 e. The molecule has 0 saturated heterocycles. The third-order valence-electron chi connectivity index (χ3n) is 1.76. The van der Waals surface area contributed by atoms with E-state index in [2.05, 4.69) is 27.5 Å². The highest BCUT2D eigenvalue weighted by Gasteiger charge is 2.39. The molecule has 0 radical (unpaired) electrons. The molecule has 0 aliphatic carbocycles. The molecule has 0 atom stereocenters. The van der Waals surface area contributed by atoms with E-state index in [0.29, 0.717) is 0 Å². The molecule has 0 aliphatic rings. The van der Waals surface area contributed by atoms with Crippen molar-refractivity contribution in [2.75, 3.05) is 6.26 Å². The lowest BCUT2D eigenvalue weighted by Crippen LogP contribution is -2.23. The molecule has 1 aromatic carbocycles. The second-order valence-corrected chi connectivity index (χ2v) is 4.94. The zero-order chi connectivity index (χ0) is 12.5. The molecule has 0 saturated carbocycles. The number of alkyl halides is 3. The van der Waals surface area contributed by atoms with Gasteiger partial charge in [-0.3, -0.25) is 4.79 Å². The van der Waals surface area contributed by atoms with Gasteiger partial charge in [-0.05, 0) is 45.9 Å². The van der Waals surface area contributed by atoms with E-state index >= 15 is 0 Å². The van der Waals surface area contributed by atoms with Crippen molar-refractivity contribution in [1.29, 1.82) is 0 Å². The Hall–Kier alpha value is -0.200. The van der Waals surface area contributed by atoms with Crippen molar-refractivity contribution in [3.8, 4) is 0 Å². The third kappa shape index (κ3) is 2.73. The molecule has 16 heavy (non-hydrogen) atoms. The van der Waals surface area contributed by atoms with Gasteiger partial charge in [-0.2, -0.15) is 8.78 Å². The Bertz CT molecular complexity index is 433. The predicted octanol–water partition coefficient (Wildman–Crippen LogP) is 4.32. The largest absolute Gasteiger partial charge is 0.385 e. The van der Waals surface area contributed by atoms with Crippen molar-refractivity contribution in [3.63, 3.8) is 0 Å². The normalized spacial score (nSPS) is 11.6. The van der Waals surface area contributed by atoms with Gasteiger partial charge in [0.15, 0.2) is 0 Å². The maximum absolute atomic E-state index is 13.7. The number of hydrogen-bond acceptors (Lipinski definition) is 2. The van der Waals surface area contributed by atoms with E-state index in [-0.39, 0.29) is 9.37 Å². The number of rotatable bonds is 3. The van der Waals surface area contributed by atoms with Gasteiger partial charge in [0.2, 0.25) is 0 Å². The molecule has 1 aromatic rings. The van der Waals surface area contributed by atoms with Crippen LogP contribution >= 0.6 is 39.3 Å². The molecule has 0 heterocycles. The minimum atomic E-state index is -4.11. The fourth-order valence-electron chi connectivity index (χ4n) is 1.04. The Morgan fingerprint density at radius 1 is 1.50 bits per heavy atom. The lowest BCUT2D eigenvalue weighted by Gasteiger charge is -2.11. The van der Waals surface area contributed by atoms with Gasteiger partial charge in [-0.15, -0.1) is 11.8 Å². The molecular formula is C9H5BrClF3OS. The second-order valence-electron chi connectivity index (χ2n) is 2.77. The summed E-state index contributed by atoms with van der Waals surface area (Å²) in [6.45, 7) is 0. The number of thioether (sulfide) groups is 1. The first kappa shape index (κ1) is 13.9. The molecule has 1 rings (SSSR count). The summed E-state index contributed by atoms with van der Waals surface area (Å²) >= 11 is 8.43. The first-order valence-corrected chi connectivity index (χ1v) is 6.32. The van der Waals surface area contributed by atoms with Gasteiger partial charge in [0.1, 0.15) is 5.82 Å². The maximum atomic E-state index is 13.7. The number of carbonyl (C=O) groups is 1. The molecule has 7 heteroatoms. The van der Waals surface area contributed by atoms with Crippen LogP contribution in [0.25, 0.3) is 0 Å². The molecule has 0 aromatic heterocycles. The number of Topliss-reactive ketones (excluding diaryl/α,β-unsaturated/α-hetero) is 1. The van der Waals surface area contributed by atoms with Gasteiger partial charge in [-0.1, -0.05) is 0 Å². The smallest absolute Gasteiger partial charge is 0.286 e. The molecule has 0 spiro atoms. The van der Waals surface area contributed by atoms with Gasteiger partial charge in [0.05, 0.1) is 5.56 Å². The van der Waals surface area contributed by atoms with E-state index < -0.39 is 22.5 Å². The van der Waals surface area contributed by atoms with Crippen LogP contribution in [0.15, 0.2) is 21.5 Å². The SMILES string of the molecule is CSc1ccc(Br)c(C(=O)C(F)(F)Cl)c1F. The Balaban J connectivity index is 3.38. The Morgan fingerprint density at radius 2 is 2.06 bits per heavy atom. The fraction of sp³-hybridized carbons (Fsp3) is 0.222. The summed E-state index contributed by atoms with van der Waals surface area (Å²) < 4.78 is 38.8. The van der Waals surface area contributed by atoms with Crippen molar-refractivity contribution in [2.24, 2.45) is 0 Å². The average Bonchev–Trinajstić information content (AvgIpc) is 2.16. The van der Waals surface area contributed by atoms with Crippen LogP contribution in [0.2, 0.25) is 0 Å². The number of ketones is 1. The van der Waals surface area contributed by atoms with Crippen LogP contribution in [0.5, 0.6) is 0 Å². The number of benzene rings is 1. The van der Waals surface area contributed by atoms with Crippen LogP contribution in [-0.2, 0) is 0 Å². The van der Waals surface area contributed by atoms with Crippen molar-refractivity contribution >= 4 is 45.1 Å². The summed E-state index contributed by atoms with van der Waals surface area (Å²) in [7, 11) is 0. The summed E-state index contributed by atoms with van der Waals surface area (Å²) in [6, 6.07) is 2.71. The van der Waals surface area contributed by atoms with E-state index in [1.807, 2.05) is 0 Å². The quantitative estimate of drug-likeness (QED) is 0.465. The molecule has 88 valence electrons. The molecular weight excluding hydrogens is 329 g/mol. The molecule has 0 unspecified atom stereocenters. The number of hydrogen-bond donors (Lipinski definition) is 0. The van der Waals surface area contributed by atoms with Crippen molar-refractivity contribution in [3.05, 3.63) is 28.0 Å². The van der Waals surface area contributed by atoms with Crippen molar-refractivity contribution in [1.82, 2.24) is 0 Å². The summed E-state index contributed by atoms with van der Waals surface area (Å²) in [5, 5.41) is -4.11. The van der Waals surface area contributed by atoms with Crippen LogP contribution in [0.1, 0.15) is 10.4 Å². The lowest BCUT2D eigenvalue weighted by molar-refractivity contribution is 0.0530. The predicted molar refractivity (Wildman–Crippen MR) is 61.0 cm³/mol. The van der Waals surface area contributed by atoms with Crippen LogP contribution in [-0.4, -0.2) is 17.4 Å². The van der Waals surface area contributed by atoms with E-state index in [0.717, 1.165) is 11.8 Å². The first-order valence-electron chi connectivity index (χ1n) is 3.92. The van der Waals surface area contributed by atoms with Gasteiger partial charge in [-0.25, -0.2) is 4.39 Å². The van der Waals surface area contributed by atoms with Crippen molar-refractivity contribution in [2.45, 2.75) is 10.3 Å². The third-order valence-corrected chi connectivity index (χ3v) is 3.35. The molecule has 0 aliphatic heterocycles. The average molecular weight is 334 g/mol. The van der Waals surface area contributed by atoms with Gasteiger partial charge in [0.25, 0.3) is 5.78 Å². The molecule has 0 N–H and O–H groups in total. The Morgan fingerprint density at radius 3 is 2.50 bits per heavy atom. The van der Waals surface area contributed by atoms with Crippen LogP contribution in [0.3, 0.4) is 0 Å². The van der Waals surface area contributed by atoms with E-state index in [1.54, 1.807) is 6.26 Å². The molecule has 0 amide bonds. The monoisotopic (exact) mass is 332 g/mol. The van der Waals surface area contributed by atoms with Gasteiger partial charge < -0.3 is 0 Å². The molecule has 1 nitrogen and oxygen atoms in total. The van der Waals surface area contributed by atoms with Crippen LogP contribution in [0, 0.1) is 5.82 Å². The zero-order valence-corrected chi connectivity index (χ0v) is 11.0. The highest BCUT2D eigenvalue weighted by molar-refractivity contribution is 9.10. The van der Waals surface area contributed by atoms with Crippen LogP contribution in [0.4, 0.5) is 13.2 Å². The summed E-state index contributed by atoms with van der Waals surface area (Å²) in [5.74, 6) is -2.75. The summed E-state index contributed by atoms with van der Waals surface area (Å²) in [5.41, 5.74) is -0.730. The highest BCUT2D eigenvalue weighted by Crippen LogP contribution is 2.33. The van der Waals surface area contributed by atoms with E-state index in [9.17, 15) is 18.0 Å². The Labute approximate surface area is 107 Å². The molecule has 0 fully saturated rings. The standard InChI is InChI=1S/C9H5BrClF3OS/c1-16-5-3-2-4(10)6(7(5)12)8(15)9(11,13)14/h2-3H,1H3. The topological polar surface area (TPSA) is 17.1 Å².